The van der Waals surface area contributed by atoms with Crippen molar-refractivity contribution in [3.63, 3.8) is 0 Å². The first-order chi connectivity index (χ1) is 21.5. The number of hydrogen-bond acceptors (Lipinski definition) is 10. The Morgan fingerprint density at radius 1 is 1.02 bits per heavy atom. The Morgan fingerprint density at radius 2 is 1.71 bits per heavy atom. The standard InChI is InChI=1S/C33H44N6O6/c1-7-37(8-2)31-34-22-26(39(9-3)29(40)27-13-12-20-43-27)28(36-31)35-25(30(41)45-33(4,5)6)21-23-14-16-24(17-15-23)44-32(42)38-18-10-11-19-38/h12-17,20,22,25H,7-11,18-19,21H2,1-6H3,(H,34,35,36). The topological polar surface area (TPSA) is 130 Å². The molecule has 1 aliphatic rings. The third kappa shape index (κ3) is 8.74. The van der Waals surface area contributed by atoms with Gasteiger partial charge >= 0.3 is 12.1 Å². The zero-order chi connectivity index (χ0) is 32.6. The van der Waals surface area contributed by atoms with E-state index in [1.165, 1.54) is 11.2 Å². The first-order valence-electron chi connectivity index (χ1n) is 15.5. The molecule has 4 rings (SSSR count). The summed E-state index contributed by atoms with van der Waals surface area (Å²) in [6, 6.07) is 9.42. The fraction of sp³-hybridized carbons (Fsp3) is 0.485. The number of likely N-dealkylation sites (tertiary alicyclic amines) is 1. The molecule has 1 unspecified atom stereocenters. The quantitative estimate of drug-likeness (QED) is 0.258. The van der Waals surface area contributed by atoms with Crippen molar-refractivity contribution in [1.29, 1.82) is 0 Å². The molecule has 2 amide bonds. The van der Waals surface area contributed by atoms with Gasteiger partial charge in [0.05, 0.1) is 12.5 Å². The molecule has 242 valence electrons. The number of rotatable bonds is 12. The van der Waals surface area contributed by atoms with Crippen LogP contribution in [0.1, 0.15) is 70.5 Å². The summed E-state index contributed by atoms with van der Waals surface area (Å²) in [6.07, 6.45) is 4.85. The fourth-order valence-corrected chi connectivity index (χ4v) is 5.01. The lowest BCUT2D eigenvalue weighted by atomic mass is 10.0. The Balaban J connectivity index is 1.66. The van der Waals surface area contributed by atoms with Gasteiger partial charge in [0.15, 0.2) is 11.6 Å². The van der Waals surface area contributed by atoms with Crippen LogP contribution in [0, 0.1) is 0 Å². The zero-order valence-corrected chi connectivity index (χ0v) is 27.0. The first-order valence-corrected chi connectivity index (χ1v) is 15.5. The van der Waals surface area contributed by atoms with Gasteiger partial charge in [-0.3, -0.25) is 4.79 Å². The summed E-state index contributed by atoms with van der Waals surface area (Å²) in [6.45, 7) is 14.3. The minimum Gasteiger partial charge on any atom is -0.459 e. The maximum atomic E-state index is 13.6. The Hall–Kier alpha value is -4.61. The molecule has 2 aromatic heterocycles. The molecule has 0 radical (unpaired) electrons. The second-order valence-corrected chi connectivity index (χ2v) is 11.7. The molecule has 3 aromatic rings. The van der Waals surface area contributed by atoms with E-state index in [4.69, 9.17) is 18.9 Å². The van der Waals surface area contributed by atoms with E-state index >= 15 is 0 Å². The summed E-state index contributed by atoms with van der Waals surface area (Å²) < 4.78 is 16.7. The highest BCUT2D eigenvalue weighted by Crippen LogP contribution is 2.29. The van der Waals surface area contributed by atoms with Crippen molar-refractivity contribution in [2.45, 2.75) is 72.4 Å². The Bertz CT molecular complexity index is 1430. The number of benzene rings is 1. The number of nitrogens with zero attached hydrogens (tertiary/aromatic N) is 5. The van der Waals surface area contributed by atoms with E-state index in [2.05, 4.69) is 10.3 Å². The lowest BCUT2D eigenvalue weighted by molar-refractivity contribution is -0.155. The van der Waals surface area contributed by atoms with Crippen molar-refractivity contribution in [2.24, 2.45) is 0 Å². The van der Waals surface area contributed by atoms with Crippen LogP contribution in [0.2, 0.25) is 0 Å². The number of carbonyl (C=O) groups excluding carboxylic acids is 3. The van der Waals surface area contributed by atoms with Gasteiger partial charge in [-0.1, -0.05) is 12.1 Å². The minimum atomic E-state index is -0.877. The molecule has 1 saturated heterocycles. The molecule has 1 atom stereocenters. The van der Waals surface area contributed by atoms with E-state index in [9.17, 15) is 14.4 Å². The van der Waals surface area contributed by atoms with Crippen LogP contribution in [-0.4, -0.2) is 77.2 Å². The minimum absolute atomic E-state index is 0.171. The molecule has 1 fully saturated rings. The molecule has 12 nitrogen and oxygen atoms in total. The van der Waals surface area contributed by atoms with Crippen molar-refractivity contribution in [3.05, 3.63) is 60.2 Å². The monoisotopic (exact) mass is 620 g/mol. The lowest BCUT2D eigenvalue weighted by Crippen LogP contribution is -2.39. The van der Waals surface area contributed by atoms with Crippen LogP contribution in [0.4, 0.5) is 22.2 Å². The number of ether oxygens (including phenoxy) is 2. The van der Waals surface area contributed by atoms with E-state index in [1.807, 2.05) is 37.8 Å². The summed E-state index contributed by atoms with van der Waals surface area (Å²) in [5, 5.41) is 3.29. The number of carbonyl (C=O) groups is 3. The van der Waals surface area contributed by atoms with Crippen molar-refractivity contribution in [3.8, 4) is 5.75 Å². The van der Waals surface area contributed by atoms with Crippen molar-refractivity contribution in [2.75, 3.05) is 47.8 Å². The molecular formula is C33H44N6O6. The van der Waals surface area contributed by atoms with Crippen molar-refractivity contribution in [1.82, 2.24) is 14.9 Å². The number of amides is 2. The summed E-state index contributed by atoms with van der Waals surface area (Å²) >= 11 is 0. The normalized spacial score (nSPS) is 13.7. The van der Waals surface area contributed by atoms with Crippen molar-refractivity contribution < 1.29 is 28.3 Å². The third-order valence-electron chi connectivity index (χ3n) is 7.32. The van der Waals surface area contributed by atoms with E-state index in [0.717, 1.165) is 18.4 Å². The molecule has 0 saturated carbocycles. The summed E-state index contributed by atoms with van der Waals surface area (Å²) in [4.78, 5) is 54.0. The van der Waals surface area contributed by atoms with Gasteiger partial charge in [0, 0.05) is 39.1 Å². The maximum Gasteiger partial charge on any atom is 0.415 e. The third-order valence-corrected chi connectivity index (χ3v) is 7.32. The molecular weight excluding hydrogens is 576 g/mol. The Labute approximate surface area is 264 Å². The molecule has 3 heterocycles. The van der Waals surface area contributed by atoms with Crippen LogP contribution in [0.25, 0.3) is 0 Å². The summed E-state index contributed by atoms with van der Waals surface area (Å²) in [7, 11) is 0. The van der Waals surface area contributed by atoms with Crippen LogP contribution in [0.15, 0.2) is 53.3 Å². The van der Waals surface area contributed by atoms with E-state index < -0.39 is 17.6 Å². The van der Waals surface area contributed by atoms with E-state index in [-0.39, 0.29) is 24.2 Å². The summed E-state index contributed by atoms with van der Waals surface area (Å²) in [5.74, 6) is 0.513. The number of aromatic nitrogens is 2. The summed E-state index contributed by atoms with van der Waals surface area (Å²) in [5.41, 5.74) is 0.460. The average molecular weight is 621 g/mol. The van der Waals surface area contributed by atoms with Crippen LogP contribution in [0.3, 0.4) is 0 Å². The predicted octanol–water partition coefficient (Wildman–Crippen LogP) is 5.54. The van der Waals surface area contributed by atoms with Gasteiger partial charge < -0.3 is 33.9 Å². The number of hydrogen-bond donors (Lipinski definition) is 1. The molecule has 1 N–H and O–H groups in total. The average Bonchev–Trinajstić information content (AvgIpc) is 3.74. The predicted molar refractivity (Wildman–Crippen MR) is 172 cm³/mol. The highest BCUT2D eigenvalue weighted by atomic mass is 16.6. The molecule has 45 heavy (non-hydrogen) atoms. The van der Waals surface area contributed by atoms with Gasteiger partial charge in [-0.25, -0.2) is 14.6 Å². The van der Waals surface area contributed by atoms with Crippen LogP contribution in [0.5, 0.6) is 5.75 Å². The SMILES string of the molecule is CCN(CC)c1ncc(N(CC)C(=O)c2ccco2)c(NC(Cc2ccc(OC(=O)N3CCCC3)cc2)C(=O)OC(C)(C)C)n1. The Kier molecular flexibility index (Phi) is 11.0. The molecule has 0 bridgehead atoms. The van der Waals surface area contributed by atoms with E-state index in [0.29, 0.717) is 55.9 Å². The molecule has 1 aromatic carbocycles. The lowest BCUT2D eigenvalue weighted by Gasteiger charge is -2.28. The number of nitrogens with one attached hydrogen (secondary N) is 1. The molecule has 0 spiro atoms. The van der Waals surface area contributed by atoms with Crippen LogP contribution >= 0.6 is 0 Å². The highest BCUT2D eigenvalue weighted by Gasteiger charge is 2.30. The molecule has 12 heteroatoms. The van der Waals surface area contributed by atoms with Gasteiger partial charge in [-0.15, -0.1) is 0 Å². The van der Waals surface area contributed by atoms with Gasteiger partial charge in [-0.05, 0) is 84.2 Å². The van der Waals surface area contributed by atoms with Gasteiger partial charge in [0.2, 0.25) is 5.95 Å². The maximum absolute atomic E-state index is 13.6. The fourth-order valence-electron chi connectivity index (χ4n) is 5.01. The van der Waals surface area contributed by atoms with Gasteiger partial charge in [-0.2, -0.15) is 4.98 Å². The zero-order valence-electron chi connectivity index (χ0n) is 27.0. The molecule has 1 aliphatic heterocycles. The second-order valence-electron chi connectivity index (χ2n) is 11.7. The van der Waals surface area contributed by atoms with Gasteiger partial charge in [0.1, 0.15) is 23.1 Å². The van der Waals surface area contributed by atoms with Crippen LogP contribution < -0.4 is 19.9 Å². The number of anilines is 3. The number of esters is 1. The van der Waals surface area contributed by atoms with Crippen molar-refractivity contribution >= 4 is 35.4 Å². The van der Waals surface area contributed by atoms with Crippen LogP contribution in [-0.2, 0) is 16.0 Å². The smallest absolute Gasteiger partial charge is 0.415 e. The Morgan fingerprint density at radius 3 is 2.29 bits per heavy atom. The second kappa shape index (κ2) is 14.9. The van der Waals surface area contributed by atoms with Gasteiger partial charge in [0.25, 0.3) is 5.91 Å². The highest BCUT2D eigenvalue weighted by molar-refractivity contribution is 6.05. The largest absolute Gasteiger partial charge is 0.459 e. The first kappa shape index (κ1) is 33.3. The van der Waals surface area contributed by atoms with E-state index in [1.54, 1.807) is 56.1 Å². The number of furan rings is 1. The molecule has 0 aliphatic carbocycles.